The topological polar surface area (TPSA) is 13.0 Å². The van der Waals surface area contributed by atoms with Gasteiger partial charge in [0, 0.05) is 33.9 Å². The third-order valence-electron chi connectivity index (χ3n) is 10.5. The number of nitrogens with zero attached hydrogens (tertiary/aromatic N) is 4. The molecule has 6 heteroatoms. The van der Waals surface area contributed by atoms with Gasteiger partial charge in [-0.15, -0.1) is 0 Å². The molecule has 4 nitrogen and oxygen atoms in total. The molecule has 0 unspecified atom stereocenters. The lowest BCUT2D eigenvalue weighted by Crippen LogP contribution is -2.59. The molecular weight excluding hydrogens is 582 g/mol. The number of fused-ring (bicyclic) bond motifs is 16. The molecule has 0 amide bonds. The summed E-state index contributed by atoms with van der Waals surface area (Å²) in [6.45, 7) is -0.0626. The van der Waals surface area contributed by atoms with Crippen LogP contribution in [0.4, 0.5) is 45.5 Å². The van der Waals surface area contributed by atoms with E-state index in [1.165, 1.54) is 78.7 Å². The van der Waals surface area contributed by atoms with E-state index in [9.17, 15) is 0 Å². The predicted molar refractivity (Wildman–Crippen MR) is 202 cm³/mol. The number of hydrogen-bond donors (Lipinski definition) is 0. The largest absolute Gasteiger partial charge is 0.421 e. The summed E-state index contributed by atoms with van der Waals surface area (Å²) in [5.74, 6) is 0. The number of anilines is 8. The van der Waals surface area contributed by atoms with Gasteiger partial charge in [0.05, 0.1) is 22.7 Å². The highest BCUT2D eigenvalue weighted by molar-refractivity contribution is 6.89. The predicted octanol–water partition coefficient (Wildman–Crippen LogP) is 9.02. The van der Waals surface area contributed by atoms with Gasteiger partial charge in [-0.2, -0.15) is 0 Å². The fourth-order valence-corrected chi connectivity index (χ4v) is 8.67. The molecule has 4 heterocycles. The van der Waals surface area contributed by atoms with E-state index < -0.39 is 0 Å². The highest BCUT2D eigenvalue weighted by Crippen LogP contribution is 2.54. The second kappa shape index (κ2) is 9.69. The van der Waals surface area contributed by atoms with Gasteiger partial charge in [-0.05, 0) is 82.7 Å². The molecule has 222 valence electrons. The van der Waals surface area contributed by atoms with Crippen LogP contribution in [-0.4, -0.2) is 14.0 Å². The summed E-state index contributed by atoms with van der Waals surface area (Å²) in [5.41, 5.74) is 17.5. The maximum Gasteiger partial charge on any atom is 0.421 e. The number of para-hydroxylation sites is 8. The molecule has 0 aliphatic carbocycles. The van der Waals surface area contributed by atoms with Crippen LogP contribution in [0.5, 0.6) is 0 Å². The molecule has 0 saturated heterocycles. The van der Waals surface area contributed by atoms with Crippen molar-refractivity contribution in [3.05, 3.63) is 170 Å². The molecule has 0 aromatic heterocycles. The fraction of sp³-hybridized carbons (Fsp3) is 0. The van der Waals surface area contributed by atoms with Gasteiger partial charge in [0.15, 0.2) is 0 Å². The Hall–Kier alpha value is -6.13. The summed E-state index contributed by atoms with van der Waals surface area (Å²) in [6, 6.07) is 62.4. The summed E-state index contributed by atoms with van der Waals surface area (Å²) in [6.07, 6.45) is 0. The monoisotopic (exact) mass is 610 g/mol. The Kier molecular flexibility index (Phi) is 5.25. The molecule has 11 rings (SSSR count). The van der Waals surface area contributed by atoms with Crippen molar-refractivity contribution in [3.63, 3.8) is 0 Å². The van der Waals surface area contributed by atoms with Crippen molar-refractivity contribution in [3.8, 4) is 22.3 Å². The molecule has 7 aromatic carbocycles. The maximum atomic E-state index is 2.55. The average Bonchev–Trinajstić information content (AvgIpc) is 3.70. The van der Waals surface area contributed by atoms with Crippen molar-refractivity contribution in [2.45, 2.75) is 0 Å². The quantitative estimate of drug-likeness (QED) is 0.181. The molecule has 0 N–H and O–H groups in total. The number of rotatable bonds is 2. The third kappa shape index (κ3) is 3.36. The van der Waals surface area contributed by atoms with Crippen LogP contribution in [0.3, 0.4) is 0 Å². The molecule has 0 atom stereocenters. The average molecular weight is 610 g/mol. The van der Waals surface area contributed by atoms with E-state index in [0.29, 0.717) is 0 Å². The second-order valence-corrected chi connectivity index (χ2v) is 12.9. The Balaban J connectivity index is 1.22. The van der Waals surface area contributed by atoms with E-state index in [-0.39, 0.29) is 14.0 Å². The summed E-state index contributed by atoms with van der Waals surface area (Å²) in [5, 5.41) is 0. The molecule has 0 saturated carbocycles. The van der Waals surface area contributed by atoms with E-state index in [1.54, 1.807) is 0 Å². The highest BCUT2D eigenvalue weighted by Gasteiger charge is 2.51. The van der Waals surface area contributed by atoms with Crippen LogP contribution >= 0.6 is 0 Å². The van der Waals surface area contributed by atoms with Crippen molar-refractivity contribution in [2.75, 3.05) is 19.2 Å². The zero-order valence-corrected chi connectivity index (χ0v) is 26.1. The van der Waals surface area contributed by atoms with E-state index in [1.807, 2.05) is 0 Å². The van der Waals surface area contributed by atoms with Crippen molar-refractivity contribution in [1.29, 1.82) is 0 Å². The third-order valence-corrected chi connectivity index (χ3v) is 10.5. The summed E-state index contributed by atoms with van der Waals surface area (Å²) >= 11 is 0. The molecular formula is C42H28B2N4. The maximum absolute atomic E-state index is 2.55. The Morgan fingerprint density at radius 3 is 0.979 bits per heavy atom. The van der Waals surface area contributed by atoms with Gasteiger partial charge in [-0.25, -0.2) is 0 Å². The van der Waals surface area contributed by atoms with Crippen molar-refractivity contribution >= 4 is 70.4 Å². The zero-order chi connectivity index (χ0) is 31.3. The van der Waals surface area contributed by atoms with Crippen molar-refractivity contribution < 1.29 is 0 Å². The van der Waals surface area contributed by atoms with Gasteiger partial charge in [0.2, 0.25) is 0 Å². The lowest BCUT2D eigenvalue weighted by atomic mass is 9.54. The lowest BCUT2D eigenvalue weighted by Gasteiger charge is -2.40. The first-order valence-corrected chi connectivity index (χ1v) is 16.7. The molecule has 0 fully saturated rings. The van der Waals surface area contributed by atoms with Crippen LogP contribution in [0.2, 0.25) is 0 Å². The van der Waals surface area contributed by atoms with Gasteiger partial charge in [0.1, 0.15) is 0 Å². The first-order valence-electron chi connectivity index (χ1n) is 16.7. The first-order chi connectivity index (χ1) is 23.9. The number of benzene rings is 7. The molecule has 0 radical (unpaired) electrons. The lowest BCUT2D eigenvalue weighted by molar-refractivity contribution is 1.36. The van der Waals surface area contributed by atoms with Crippen LogP contribution in [0.1, 0.15) is 0 Å². The molecule has 7 aromatic rings. The standard InChI is InChI=1S/C42H28B2N4/c1-3-15-29(16-4-1)45-39-23-11-13-25-41(39)47-37-21-9-7-19-31(37)33-28-36-34(27-35(33)43(45)47)32-20-8-10-22-38(32)48-42-26-14-12-24-40(42)46(44(36)48)30-17-5-2-6-18-30/h1-28H. The SMILES string of the molecule is c1ccc(N2B3c4cc5c(cc4-c4ccccc4N3c3ccccc32)B2N(c3ccccc3)c3ccccc3N2c2ccccc2-5)cc1. The second-order valence-electron chi connectivity index (χ2n) is 12.9. The summed E-state index contributed by atoms with van der Waals surface area (Å²) in [4.78, 5) is 10.2. The van der Waals surface area contributed by atoms with Gasteiger partial charge >= 0.3 is 14.0 Å². The Morgan fingerprint density at radius 2 is 0.583 bits per heavy atom. The van der Waals surface area contributed by atoms with Crippen LogP contribution < -0.4 is 30.2 Å². The van der Waals surface area contributed by atoms with Crippen molar-refractivity contribution in [2.24, 2.45) is 0 Å². The first kappa shape index (κ1) is 26.0. The van der Waals surface area contributed by atoms with E-state index in [2.05, 4.69) is 189 Å². The van der Waals surface area contributed by atoms with Crippen LogP contribution in [0.15, 0.2) is 170 Å². The molecule has 0 bridgehead atoms. The summed E-state index contributed by atoms with van der Waals surface area (Å²) < 4.78 is 0. The molecule has 4 aliphatic rings. The van der Waals surface area contributed by atoms with Crippen LogP contribution in [0, 0.1) is 0 Å². The van der Waals surface area contributed by atoms with Gasteiger partial charge in [-0.3, -0.25) is 0 Å². The summed E-state index contributed by atoms with van der Waals surface area (Å²) in [7, 11) is 0. The minimum Gasteiger partial charge on any atom is -0.360 e. The fourth-order valence-electron chi connectivity index (χ4n) is 8.67. The molecule has 48 heavy (non-hydrogen) atoms. The Bertz CT molecular complexity index is 2190. The zero-order valence-electron chi connectivity index (χ0n) is 26.1. The minimum absolute atomic E-state index is 0.0313. The molecule has 4 aliphatic heterocycles. The highest BCUT2D eigenvalue weighted by atomic mass is 15.3. The van der Waals surface area contributed by atoms with E-state index >= 15 is 0 Å². The van der Waals surface area contributed by atoms with Crippen LogP contribution in [-0.2, 0) is 0 Å². The van der Waals surface area contributed by atoms with Gasteiger partial charge in [0.25, 0.3) is 0 Å². The molecule has 0 spiro atoms. The van der Waals surface area contributed by atoms with Gasteiger partial charge < -0.3 is 19.2 Å². The Labute approximate surface area is 281 Å². The number of hydrogen-bond acceptors (Lipinski definition) is 4. The van der Waals surface area contributed by atoms with E-state index in [4.69, 9.17) is 0 Å². The smallest absolute Gasteiger partial charge is 0.360 e. The van der Waals surface area contributed by atoms with Crippen molar-refractivity contribution in [1.82, 2.24) is 0 Å². The van der Waals surface area contributed by atoms with E-state index in [0.717, 1.165) is 0 Å². The minimum atomic E-state index is -0.0313. The normalized spacial score (nSPS) is 14.4. The van der Waals surface area contributed by atoms with Crippen LogP contribution in [0.25, 0.3) is 22.3 Å². The Morgan fingerprint density at radius 1 is 0.271 bits per heavy atom. The van der Waals surface area contributed by atoms with Gasteiger partial charge in [-0.1, -0.05) is 109 Å².